The molecule has 0 saturated heterocycles. The number of aromatic nitrogens is 2. The van der Waals surface area contributed by atoms with Crippen molar-refractivity contribution in [1.82, 2.24) is 9.97 Å². The number of nitrogens with two attached hydrogens (primary N) is 1. The Morgan fingerprint density at radius 1 is 1.24 bits per heavy atom. The van der Waals surface area contributed by atoms with Crippen molar-refractivity contribution in [2.45, 2.75) is 19.9 Å². The summed E-state index contributed by atoms with van der Waals surface area (Å²) in [4.78, 5) is 10.3. The maximum atomic E-state index is 6.10. The molecule has 0 atom stereocenters. The topological polar surface area (TPSA) is 64.3 Å². The van der Waals surface area contributed by atoms with Gasteiger partial charge in [0.05, 0.1) is 6.61 Å². The summed E-state index contributed by atoms with van der Waals surface area (Å²) in [7, 11) is 1.95. The lowest BCUT2D eigenvalue weighted by Crippen LogP contribution is -2.20. The molecule has 1 aromatic heterocycles. The van der Waals surface area contributed by atoms with Crippen LogP contribution >= 0.6 is 15.9 Å². The minimum absolute atomic E-state index is 0.449. The van der Waals surface area contributed by atoms with Crippen LogP contribution < -0.4 is 15.4 Å². The van der Waals surface area contributed by atoms with Crippen LogP contribution in [0.3, 0.4) is 0 Å². The van der Waals surface area contributed by atoms with Crippen molar-refractivity contribution in [2.24, 2.45) is 0 Å². The van der Waals surface area contributed by atoms with Crippen LogP contribution in [0.2, 0.25) is 0 Å². The SMILES string of the molecule is CCCOc1ncnc(N(C)Cc2ccc(Br)cc2)c1N. The van der Waals surface area contributed by atoms with Crippen LogP contribution in [0, 0.1) is 0 Å². The van der Waals surface area contributed by atoms with Gasteiger partial charge in [-0.3, -0.25) is 0 Å². The van der Waals surface area contributed by atoms with E-state index < -0.39 is 0 Å². The molecule has 0 saturated carbocycles. The molecular formula is C15H19BrN4O. The number of nitrogens with zero attached hydrogens (tertiary/aromatic N) is 3. The van der Waals surface area contributed by atoms with Crippen molar-refractivity contribution >= 4 is 27.4 Å². The van der Waals surface area contributed by atoms with Crippen LogP contribution in [0.5, 0.6) is 5.88 Å². The zero-order chi connectivity index (χ0) is 15.2. The van der Waals surface area contributed by atoms with E-state index in [-0.39, 0.29) is 0 Å². The molecule has 0 aliphatic carbocycles. The van der Waals surface area contributed by atoms with Gasteiger partial charge in [0.2, 0.25) is 5.88 Å². The Morgan fingerprint density at radius 3 is 2.62 bits per heavy atom. The third kappa shape index (κ3) is 4.07. The highest BCUT2D eigenvalue weighted by Crippen LogP contribution is 2.28. The number of halogens is 1. The van der Waals surface area contributed by atoms with E-state index in [9.17, 15) is 0 Å². The molecule has 0 aliphatic rings. The molecule has 0 unspecified atom stereocenters. The van der Waals surface area contributed by atoms with Crippen molar-refractivity contribution in [3.63, 3.8) is 0 Å². The van der Waals surface area contributed by atoms with E-state index in [2.05, 4.69) is 38.0 Å². The van der Waals surface area contributed by atoms with Gasteiger partial charge in [-0.05, 0) is 24.1 Å². The van der Waals surface area contributed by atoms with Gasteiger partial charge in [0.1, 0.15) is 12.0 Å². The Hall–Kier alpha value is -1.82. The van der Waals surface area contributed by atoms with E-state index >= 15 is 0 Å². The number of nitrogen functional groups attached to an aromatic ring is 1. The van der Waals surface area contributed by atoms with Crippen LogP contribution in [-0.4, -0.2) is 23.6 Å². The predicted octanol–water partition coefficient (Wildman–Crippen LogP) is 3.25. The van der Waals surface area contributed by atoms with E-state index in [0.717, 1.165) is 10.9 Å². The van der Waals surface area contributed by atoms with Gasteiger partial charge in [-0.2, -0.15) is 4.98 Å². The Balaban J connectivity index is 2.14. The van der Waals surface area contributed by atoms with E-state index in [1.54, 1.807) is 0 Å². The molecule has 112 valence electrons. The minimum Gasteiger partial charge on any atom is -0.476 e. The van der Waals surface area contributed by atoms with Crippen LogP contribution in [0.1, 0.15) is 18.9 Å². The summed E-state index contributed by atoms with van der Waals surface area (Å²) in [6, 6.07) is 8.16. The van der Waals surface area contributed by atoms with Gasteiger partial charge in [0.15, 0.2) is 5.82 Å². The lowest BCUT2D eigenvalue weighted by Gasteiger charge is -2.20. The molecule has 0 bridgehead atoms. The Labute approximate surface area is 133 Å². The molecule has 0 radical (unpaired) electrons. The number of hydrogen-bond acceptors (Lipinski definition) is 5. The molecule has 0 fully saturated rings. The molecule has 2 rings (SSSR count). The highest BCUT2D eigenvalue weighted by Gasteiger charge is 2.13. The molecule has 1 aromatic carbocycles. The Morgan fingerprint density at radius 2 is 1.95 bits per heavy atom. The molecule has 0 aliphatic heterocycles. The van der Waals surface area contributed by atoms with Crippen molar-refractivity contribution in [1.29, 1.82) is 0 Å². The van der Waals surface area contributed by atoms with Gasteiger partial charge in [0, 0.05) is 18.1 Å². The predicted molar refractivity (Wildman–Crippen MR) is 88.5 cm³/mol. The fourth-order valence-corrected chi connectivity index (χ4v) is 2.19. The molecule has 21 heavy (non-hydrogen) atoms. The van der Waals surface area contributed by atoms with E-state index in [0.29, 0.717) is 30.5 Å². The average Bonchev–Trinajstić information content (AvgIpc) is 2.48. The van der Waals surface area contributed by atoms with E-state index in [4.69, 9.17) is 10.5 Å². The highest BCUT2D eigenvalue weighted by molar-refractivity contribution is 9.10. The zero-order valence-electron chi connectivity index (χ0n) is 12.2. The largest absolute Gasteiger partial charge is 0.476 e. The van der Waals surface area contributed by atoms with Crippen molar-refractivity contribution in [2.75, 3.05) is 24.3 Å². The van der Waals surface area contributed by atoms with Crippen LogP contribution in [-0.2, 0) is 6.54 Å². The molecule has 5 nitrogen and oxygen atoms in total. The number of ether oxygens (including phenoxy) is 1. The summed E-state index contributed by atoms with van der Waals surface area (Å²) in [5, 5.41) is 0. The average molecular weight is 351 g/mol. The number of anilines is 2. The maximum Gasteiger partial charge on any atom is 0.242 e. The monoisotopic (exact) mass is 350 g/mol. The second-order valence-electron chi connectivity index (χ2n) is 4.75. The summed E-state index contributed by atoms with van der Waals surface area (Å²) >= 11 is 3.43. The standard InChI is InChI=1S/C15H19BrN4O/c1-3-8-21-15-13(17)14(18-10-19-15)20(2)9-11-4-6-12(16)7-5-11/h4-7,10H,3,8-9,17H2,1-2H3. The molecule has 6 heteroatoms. The second kappa shape index (κ2) is 7.26. The molecule has 0 amide bonds. The van der Waals surface area contributed by atoms with Crippen LogP contribution in [0.4, 0.5) is 11.5 Å². The smallest absolute Gasteiger partial charge is 0.242 e. The van der Waals surface area contributed by atoms with Gasteiger partial charge in [-0.15, -0.1) is 0 Å². The Bertz CT molecular complexity index is 589. The molecule has 0 spiro atoms. The summed E-state index contributed by atoms with van der Waals surface area (Å²) in [6.07, 6.45) is 2.39. The Kier molecular flexibility index (Phi) is 5.38. The minimum atomic E-state index is 0.449. The van der Waals surface area contributed by atoms with Crippen molar-refractivity contribution < 1.29 is 4.74 Å². The van der Waals surface area contributed by atoms with Gasteiger partial charge < -0.3 is 15.4 Å². The number of rotatable bonds is 6. The van der Waals surface area contributed by atoms with E-state index in [1.807, 2.05) is 31.0 Å². The van der Waals surface area contributed by atoms with Crippen molar-refractivity contribution in [3.05, 3.63) is 40.6 Å². The quantitative estimate of drug-likeness (QED) is 0.866. The first-order chi connectivity index (χ1) is 10.1. The van der Waals surface area contributed by atoms with Crippen LogP contribution in [0.25, 0.3) is 0 Å². The fraction of sp³-hybridized carbons (Fsp3) is 0.333. The maximum absolute atomic E-state index is 6.10. The number of hydrogen-bond donors (Lipinski definition) is 1. The molecule has 2 aromatic rings. The summed E-state index contributed by atoms with van der Waals surface area (Å²) < 4.78 is 6.59. The van der Waals surface area contributed by atoms with Gasteiger partial charge in [0.25, 0.3) is 0 Å². The molecular weight excluding hydrogens is 332 g/mol. The second-order valence-corrected chi connectivity index (χ2v) is 5.66. The number of benzene rings is 1. The first kappa shape index (κ1) is 15.6. The summed E-state index contributed by atoms with van der Waals surface area (Å²) in [5.74, 6) is 1.13. The lowest BCUT2D eigenvalue weighted by atomic mass is 10.2. The first-order valence-electron chi connectivity index (χ1n) is 6.80. The summed E-state index contributed by atoms with van der Waals surface area (Å²) in [5.41, 5.74) is 7.76. The van der Waals surface area contributed by atoms with Crippen molar-refractivity contribution in [3.8, 4) is 5.88 Å². The van der Waals surface area contributed by atoms with Gasteiger partial charge >= 0.3 is 0 Å². The first-order valence-corrected chi connectivity index (χ1v) is 7.60. The third-order valence-electron chi connectivity index (χ3n) is 2.96. The lowest BCUT2D eigenvalue weighted by molar-refractivity contribution is 0.306. The fourth-order valence-electron chi connectivity index (χ4n) is 1.93. The zero-order valence-corrected chi connectivity index (χ0v) is 13.8. The molecule has 1 heterocycles. The van der Waals surface area contributed by atoms with Gasteiger partial charge in [-0.1, -0.05) is 35.0 Å². The molecule has 2 N–H and O–H groups in total. The highest BCUT2D eigenvalue weighted by atomic mass is 79.9. The third-order valence-corrected chi connectivity index (χ3v) is 3.49. The summed E-state index contributed by atoms with van der Waals surface area (Å²) in [6.45, 7) is 3.34. The normalized spacial score (nSPS) is 10.4. The van der Waals surface area contributed by atoms with Gasteiger partial charge in [-0.25, -0.2) is 4.98 Å². The van der Waals surface area contributed by atoms with Crippen LogP contribution in [0.15, 0.2) is 35.1 Å². The van der Waals surface area contributed by atoms with E-state index in [1.165, 1.54) is 11.9 Å².